The second kappa shape index (κ2) is 8.33. The topological polar surface area (TPSA) is 97.6 Å². The molecule has 4 aromatic rings. The molecule has 0 saturated carbocycles. The quantitative estimate of drug-likeness (QED) is 0.448. The van der Waals surface area contributed by atoms with Crippen LogP contribution in [0.2, 0.25) is 0 Å². The Kier molecular flexibility index (Phi) is 5.60. The molecule has 1 amide bonds. The first-order valence-electron chi connectivity index (χ1n) is 9.48. The van der Waals surface area contributed by atoms with Crippen LogP contribution in [0.1, 0.15) is 23.8 Å². The Balaban J connectivity index is 1.50. The lowest BCUT2D eigenvalue weighted by Crippen LogP contribution is -2.33. The Hall–Kier alpha value is -3.11. The van der Waals surface area contributed by atoms with E-state index in [4.69, 9.17) is 12.2 Å². The summed E-state index contributed by atoms with van der Waals surface area (Å²) in [4.78, 5) is 31.1. The maximum atomic E-state index is 12.6. The smallest absolute Gasteiger partial charge is 0.280 e. The second-order valence-corrected chi connectivity index (χ2v) is 8.36. The summed E-state index contributed by atoms with van der Waals surface area (Å²) in [6.07, 6.45) is 2.31. The third-order valence-electron chi connectivity index (χ3n) is 4.73. The summed E-state index contributed by atoms with van der Waals surface area (Å²) in [6, 6.07) is 9.74. The van der Waals surface area contributed by atoms with Crippen molar-refractivity contribution in [1.29, 1.82) is 0 Å². The summed E-state index contributed by atoms with van der Waals surface area (Å²) in [7, 11) is 0. The molecule has 0 spiro atoms. The van der Waals surface area contributed by atoms with Gasteiger partial charge >= 0.3 is 0 Å². The number of nitrogens with zero attached hydrogens (tertiary/aromatic N) is 4. The molecule has 3 heterocycles. The summed E-state index contributed by atoms with van der Waals surface area (Å²) in [5, 5.41) is 7.58. The lowest BCUT2D eigenvalue weighted by Gasteiger charge is -2.09. The number of hydrogen-bond acceptors (Lipinski definition) is 6. The zero-order valence-electron chi connectivity index (χ0n) is 16.5. The van der Waals surface area contributed by atoms with Crippen LogP contribution in [0.4, 0.5) is 0 Å². The van der Waals surface area contributed by atoms with E-state index in [-0.39, 0.29) is 17.9 Å². The van der Waals surface area contributed by atoms with Gasteiger partial charge in [0.05, 0.1) is 5.39 Å². The zero-order valence-corrected chi connectivity index (χ0v) is 18.1. The first kappa shape index (κ1) is 20.2. The van der Waals surface area contributed by atoms with Crippen molar-refractivity contribution in [3.05, 3.63) is 62.2 Å². The average Bonchev–Trinajstić information content (AvgIpc) is 3.33. The third kappa shape index (κ3) is 3.96. The van der Waals surface area contributed by atoms with E-state index in [1.54, 1.807) is 4.57 Å². The highest BCUT2D eigenvalue weighted by Gasteiger charge is 2.13. The predicted molar refractivity (Wildman–Crippen MR) is 120 cm³/mol. The number of rotatable bonds is 6. The van der Waals surface area contributed by atoms with Crippen LogP contribution in [0.25, 0.3) is 21.6 Å². The van der Waals surface area contributed by atoms with E-state index in [1.807, 2.05) is 44.2 Å². The normalized spacial score (nSPS) is 11.1. The minimum Gasteiger partial charge on any atom is -0.300 e. The van der Waals surface area contributed by atoms with Crippen molar-refractivity contribution >= 4 is 39.7 Å². The van der Waals surface area contributed by atoms with Crippen LogP contribution in [0.5, 0.6) is 0 Å². The average molecular weight is 441 g/mol. The van der Waals surface area contributed by atoms with E-state index < -0.39 is 0 Å². The summed E-state index contributed by atoms with van der Waals surface area (Å²) in [5.74, 6) is 0.348. The van der Waals surface area contributed by atoms with Gasteiger partial charge in [0.15, 0.2) is 10.6 Å². The molecule has 0 fully saturated rings. The van der Waals surface area contributed by atoms with Crippen LogP contribution >= 0.6 is 23.6 Å². The van der Waals surface area contributed by atoms with Crippen molar-refractivity contribution in [2.24, 2.45) is 0 Å². The molecule has 0 unspecified atom stereocenters. The molecule has 30 heavy (non-hydrogen) atoms. The number of nitrogens with one attached hydrogen (secondary N) is 2. The van der Waals surface area contributed by atoms with Gasteiger partial charge in [-0.1, -0.05) is 36.8 Å². The zero-order chi connectivity index (χ0) is 21.3. The Labute approximate surface area is 181 Å². The van der Waals surface area contributed by atoms with E-state index in [2.05, 4.69) is 20.6 Å². The Morgan fingerprint density at radius 1 is 1.30 bits per heavy atom. The van der Waals surface area contributed by atoms with Gasteiger partial charge in [0.1, 0.15) is 11.2 Å². The number of hydrogen-bond donors (Lipinski definition) is 2. The highest BCUT2D eigenvalue weighted by Crippen LogP contribution is 2.21. The third-order valence-corrected chi connectivity index (χ3v) is 6.23. The van der Waals surface area contributed by atoms with Gasteiger partial charge < -0.3 is 0 Å². The number of fused-ring (bicyclic) bond motifs is 1. The number of aromatic amines is 1. The van der Waals surface area contributed by atoms with E-state index in [0.717, 1.165) is 27.1 Å². The number of aromatic nitrogens is 5. The molecule has 0 aliphatic heterocycles. The van der Waals surface area contributed by atoms with E-state index in [9.17, 15) is 9.59 Å². The summed E-state index contributed by atoms with van der Waals surface area (Å²) < 4.78 is 3.34. The van der Waals surface area contributed by atoms with Gasteiger partial charge in [-0.15, -0.1) is 11.3 Å². The van der Waals surface area contributed by atoms with Gasteiger partial charge in [-0.3, -0.25) is 24.7 Å². The molecule has 0 radical (unpaired) electrons. The summed E-state index contributed by atoms with van der Waals surface area (Å²) in [5.41, 5.74) is 4.37. The maximum absolute atomic E-state index is 12.6. The first-order valence-corrected chi connectivity index (χ1v) is 10.7. The molecular formula is C20H20N6O2S2. The summed E-state index contributed by atoms with van der Waals surface area (Å²) in [6.45, 7) is 4.36. The summed E-state index contributed by atoms with van der Waals surface area (Å²) >= 11 is 6.80. The molecule has 154 valence electrons. The molecule has 10 heteroatoms. The molecule has 3 aromatic heterocycles. The van der Waals surface area contributed by atoms with Crippen LogP contribution in [0.3, 0.4) is 0 Å². The molecule has 0 aliphatic carbocycles. The van der Waals surface area contributed by atoms with Crippen LogP contribution in [-0.4, -0.2) is 30.3 Å². The van der Waals surface area contributed by atoms with Crippen molar-refractivity contribution in [3.63, 3.8) is 0 Å². The molecular weight excluding hydrogens is 420 g/mol. The van der Waals surface area contributed by atoms with Gasteiger partial charge in [0.2, 0.25) is 5.91 Å². The predicted octanol–water partition coefficient (Wildman–Crippen LogP) is 3.41. The van der Waals surface area contributed by atoms with Gasteiger partial charge in [0, 0.05) is 23.4 Å². The molecule has 8 nitrogen and oxygen atoms in total. The number of carbonyl (C=O) groups is 1. The Morgan fingerprint density at radius 3 is 2.80 bits per heavy atom. The number of benzene rings is 1. The SMILES string of the molecule is CCc1cc2c(=O)n(NC(=O)CCn3c(-c4ccc(C)cc4)n[nH]c3=S)cnc2s1. The fourth-order valence-corrected chi connectivity index (χ4v) is 4.23. The largest absolute Gasteiger partial charge is 0.300 e. The Bertz CT molecular complexity index is 1330. The number of aryl methyl sites for hydroxylation is 2. The van der Waals surface area contributed by atoms with Crippen LogP contribution in [0, 0.1) is 11.7 Å². The molecule has 2 N–H and O–H groups in total. The minimum atomic E-state index is -0.317. The minimum absolute atomic E-state index is 0.126. The van der Waals surface area contributed by atoms with E-state index in [1.165, 1.54) is 17.7 Å². The molecule has 1 aromatic carbocycles. The molecule has 0 atom stereocenters. The lowest BCUT2D eigenvalue weighted by atomic mass is 10.1. The van der Waals surface area contributed by atoms with Crippen LogP contribution in [0.15, 0.2) is 41.5 Å². The lowest BCUT2D eigenvalue weighted by molar-refractivity contribution is -0.117. The fourth-order valence-electron chi connectivity index (χ4n) is 3.08. The van der Waals surface area contributed by atoms with Gasteiger partial charge in [-0.2, -0.15) is 5.10 Å². The van der Waals surface area contributed by atoms with Gasteiger partial charge in [-0.25, -0.2) is 9.66 Å². The van der Waals surface area contributed by atoms with Gasteiger partial charge in [0.25, 0.3) is 5.56 Å². The molecule has 0 bridgehead atoms. The first-order chi connectivity index (χ1) is 14.5. The second-order valence-electron chi connectivity index (χ2n) is 6.86. The van der Waals surface area contributed by atoms with Crippen LogP contribution in [-0.2, 0) is 17.8 Å². The van der Waals surface area contributed by atoms with E-state index >= 15 is 0 Å². The van der Waals surface area contributed by atoms with Crippen molar-refractivity contribution in [2.45, 2.75) is 33.2 Å². The van der Waals surface area contributed by atoms with Gasteiger partial charge in [-0.05, 0) is 31.6 Å². The molecule has 4 rings (SSSR count). The standard InChI is InChI=1S/C20H20N6O2S2/c1-3-14-10-15-18(30-14)21-11-26(19(15)28)24-16(27)8-9-25-17(22-23-20(25)29)13-6-4-12(2)5-7-13/h4-7,10-11H,3,8-9H2,1-2H3,(H,23,29)(H,24,27). The molecule has 0 saturated heterocycles. The van der Waals surface area contributed by atoms with Crippen molar-refractivity contribution in [1.82, 2.24) is 24.4 Å². The maximum Gasteiger partial charge on any atom is 0.280 e. The van der Waals surface area contributed by atoms with E-state index in [0.29, 0.717) is 27.4 Å². The number of thiophene rings is 1. The fraction of sp³-hybridized carbons (Fsp3) is 0.250. The highest BCUT2D eigenvalue weighted by molar-refractivity contribution is 7.71. The van der Waals surface area contributed by atoms with Crippen molar-refractivity contribution in [2.75, 3.05) is 5.43 Å². The molecule has 0 aliphatic rings. The Morgan fingerprint density at radius 2 is 2.07 bits per heavy atom. The number of H-pyrrole nitrogens is 1. The van der Waals surface area contributed by atoms with Crippen LogP contribution < -0.4 is 11.0 Å². The number of amides is 1. The van der Waals surface area contributed by atoms with Crippen molar-refractivity contribution in [3.8, 4) is 11.4 Å². The van der Waals surface area contributed by atoms with Crippen molar-refractivity contribution < 1.29 is 4.79 Å². The number of carbonyl (C=O) groups excluding carboxylic acids is 1. The highest BCUT2D eigenvalue weighted by atomic mass is 32.1. The monoisotopic (exact) mass is 440 g/mol.